The van der Waals surface area contributed by atoms with Gasteiger partial charge >= 0.3 is 5.97 Å². The predicted octanol–water partition coefficient (Wildman–Crippen LogP) is 5.63. The van der Waals surface area contributed by atoms with Crippen LogP contribution in [-0.2, 0) is 14.3 Å². The summed E-state index contributed by atoms with van der Waals surface area (Å²) in [6.45, 7) is 5.67. The number of nitrogens with one attached hydrogen (secondary N) is 1. The highest BCUT2D eigenvalue weighted by molar-refractivity contribution is 8.00. The van der Waals surface area contributed by atoms with Gasteiger partial charge in [0.25, 0.3) is 5.91 Å². The van der Waals surface area contributed by atoms with Crippen molar-refractivity contribution in [3.63, 3.8) is 0 Å². The van der Waals surface area contributed by atoms with E-state index in [4.69, 9.17) is 4.74 Å². The highest BCUT2D eigenvalue weighted by Gasteiger charge is 2.19. The maximum absolute atomic E-state index is 12.6. The van der Waals surface area contributed by atoms with E-state index in [0.717, 1.165) is 16.0 Å². The molecule has 3 rings (SSSR count). The van der Waals surface area contributed by atoms with Crippen LogP contribution in [0.5, 0.6) is 0 Å². The van der Waals surface area contributed by atoms with Gasteiger partial charge in [-0.05, 0) is 55.7 Å². The maximum atomic E-state index is 12.6. The summed E-state index contributed by atoms with van der Waals surface area (Å²) >= 11 is 1.40. The van der Waals surface area contributed by atoms with Crippen molar-refractivity contribution in [3.8, 4) is 11.1 Å². The average Bonchev–Trinajstić information content (AvgIpc) is 2.75. The number of para-hydroxylation sites is 1. The van der Waals surface area contributed by atoms with E-state index >= 15 is 0 Å². The second kappa shape index (κ2) is 10.1. The van der Waals surface area contributed by atoms with Gasteiger partial charge in [-0.25, -0.2) is 0 Å². The minimum atomic E-state index is -0.887. The largest absolute Gasteiger partial charge is 0.452 e. The molecule has 0 heterocycles. The Morgan fingerprint density at radius 3 is 2.37 bits per heavy atom. The van der Waals surface area contributed by atoms with Gasteiger partial charge in [-0.15, -0.1) is 11.8 Å². The molecule has 3 aromatic carbocycles. The van der Waals surface area contributed by atoms with Crippen LogP contribution in [0.25, 0.3) is 11.1 Å². The summed E-state index contributed by atoms with van der Waals surface area (Å²) < 4.78 is 5.33. The molecule has 4 nitrogen and oxygen atoms in total. The van der Waals surface area contributed by atoms with E-state index < -0.39 is 12.1 Å². The molecule has 5 heteroatoms. The van der Waals surface area contributed by atoms with Crippen LogP contribution in [-0.4, -0.2) is 23.7 Å². The normalized spacial score (nSPS) is 11.6. The summed E-state index contributed by atoms with van der Waals surface area (Å²) in [5.41, 5.74) is 4.99. The molecule has 1 N–H and O–H groups in total. The average molecular weight is 420 g/mol. The fourth-order valence-corrected chi connectivity index (χ4v) is 3.70. The quantitative estimate of drug-likeness (QED) is 0.398. The molecule has 1 atom stereocenters. The number of amides is 1. The first-order valence-electron chi connectivity index (χ1n) is 9.79. The summed E-state index contributed by atoms with van der Waals surface area (Å²) in [5.74, 6) is -0.624. The van der Waals surface area contributed by atoms with Crippen molar-refractivity contribution in [2.24, 2.45) is 0 Å². The van der Waals surface area contributed by atoms with Gasteiger partial charge in [-0.1, -0.05) is 54.6 Å². The van der Waals surface area contributed by atoms with Crippen molar-refractivity contribution in [1.29, 1.82) is 0 Å². The number of esters is 1. The van der Waals surface area contributed by atoms with E-state index in [9.17, 15) is 9.59 Å². The molecule has 0 fully saturated rings. The molecule has 0 aliphatic carbocycles. The number of hydrogen-bond acceptors (Lipinski definition) is 4. The number of carbonyl (C=O) groups is 2. The highest BCUT2D eigenvalue weighted by atomic mass is 32.2. The molecule has 0 bridgehead atoms. The molecule has 154 valence electrons. The zero-order valence-electron chi connectivity index (χ0n) is 17.3. The Bertz CT molecular complexity index is 1030. The van der Waals surface area contributed by atoms with Crippen molar-refractivity contribution in [2.45, 2.75) is 31.8 Å². The van der Waals surface area contributed by atoms with Crippen LogP contribution in [0, 0.1) is 13.8 Å². The van der Waals surface area contributed by atoms with Crippen molar-refractivity contribution < 1.29 is 14.3 Å². The van der Waals surface area contributed by atoms with Crippen LogP contribution >= 0.6 is 11.8 Å². The lowest BCUT2D eigenvalue weighted by molar-refractivity contribution is -0.150. The van der Waals surface area contributed by atoms with Gasteiger partial charge in [0, 0.05) is 16.1 Å². The summed E-state index contributed by atoms with van der Waals surface area (Å²) in [6.07, 6.45) is -0.887. The molecule has 3 aromatic rings. The summed E-state index contributed by atoms with van der Waals surface area (Å²) in [4.78, 5) is 25.8. The van der Waals surface area contributed by atoms with E-state index in [1.807, 2.05) is 86.6 Å². The van der Waals surface area contributed by atoms with Gasteiger partial charge in [0.1, 0.15) is 0 Å². The summed E-state index contributed by atoms with van der Waals surface area (Å²) in [5, 5.41) is 2.88. The Hall–Kier alpha value is -3.05. The maximum Gasteiger partial charge on any atom is 0.317 e. The van der Waals surface area contributed by atoms with E-state index in [0.29, 0.717) is 5.69 Å². The van der Waals surface area contributed by atoms with Gasteiger partial charge in [-0.2, -0.15) is 0 Å². The number of ether oxygens (including phenoxy) is 1. The smallest absolute Gasteiger partial charge is 0.317 e. The molecule has 0 radical (unpaired) electrons. The Balaban J connectivity index is 1.57. The molecule has 0 unspecified atom stereocenters. The lowest BCUT2D eigenvalue weighted by atomic mass is 10.0. The topological polar surface area (TPSA) is 55.4 Å². The van der Waals surface area contributed by atoms with Crippen LogP contribution in [0.1, 0.15) is 18.1 Å². The Labute approximate surface area is 181 Å². The molecule has 1 amide bonds. The van der Waals surface area contributed by atoms with Crippen LogP contribution in [0.4, 0.5) is 5.69 Å². The van der Waals surface area contributed by atoms with Crippen molar-refractivity contribution in [2.75, 3.05) is 11.1 Å². The molecular weight excluding hydrogens is 394 g/mol. The van der Waals surface area contributed by atoms with E-state index in [1.54, 1.807) is 6.92 Å². The Morgan fingerprint density at radius 1 is 0.933 bits per heavy atom. The zero-order valence-corrected chi connectivity index (χ0v) is 18.2. The number of anilines is 1. The first kappa shape index (κ1) is 21.7. The van der Waals surface area contributed by atoms with Crippen molar-refractivity contribution in [3.05, 3.63) is 83.9 Å². The molecule has 0 saturated carbocycles. The van der Waals surface area contributed by atoms with E-state index in [2.05, 4.69) is 5.32 Å². The predicted molar refractivity (Wildman–Crippen MR) is 123 cm³/mol. The lowest BCUT2D eigenvalue weighted by Crippen LogP contribution is -2.30. The minimum absolute atomic E-state index is 0.153. The van der Waals surface area contributed by atoms with Crippen molar-refractivity contribution in [1.82, 2.24) is 0 Å². The number of thioether (sulfide) groups is 1. The monoisotopic (exact) mass is 419 g/mol. The third-order valence-electron chi connectivity index (χ3n) is 4.78. The number of rotatable bonds is 7. The van der Waals surface area contributed by atoms with Crippen LogP contribution in [0.15, 0.2) is 77.7 Å². The lowest BCUT2D eigenvalue weighted by Gasteiger charge is -2.16. The van der Waals surface area contributed by atoms with Gasteiger partial charge in [0.05, 0.1) is 5.75 Å². The Morgan fingerprint density at radius 2 is 1.63 bits per heavy atom. The number of carbonyl (C=O) groups excluding carboxylic acids is 2. The first-order chi connectivity index (χ1) is 14.4. The van der Waals surface area contributed by atoms with Gasteiger partial charge in [-0.3, -0.25) is 9.59 Å². The molecular formula is C25H25NO3S. The molecule has 0 spiro atoms. The number of aryl methyl sites for hydroxylation is 2. The number of hydrogen-bond donors (Lipinski definition) is 1. The van der Waals surface area contributed by atoms with Crippen LogP contribution < -0.4 is 5.32 Å². The van der Waals surface area contributed by atoms with E-state index in [1.165, 1.54) is 22.9 Å². The minimum Gasteiger partial charge on any atom is -0.452 e. The number of benzene rings is 3. The molecule has 0 aliphatic rings. The second-order valence-corrected chi connectivity index (χ2v) is 8.12. The van der Waals surface area contributed by atoms with Gasteiger partial charge in [0.2, 0.25) is 0 Å². The molecule has 30 heavy (non-hydrogen) atoms. The Kier molecular flexibility index (Phi) is 7.31. The standard InChI is InChI=1S/C25H25NO3S/c1-17-13-14-21(15-18(17)2)30-16-24(27)29-19(3)25(28)26-23-12-8-7-11-22(23)20-9-5-4-6-10-20/h4-15,19H,16H2,1-3H3,(H,26,28)/t19-/m1/s1. The fourth-order valence-electron chi connectivity index (χ4n) is 2.93. The van der Waals surface area contributed by atoms with Crippen molar-refractivity contribution >= 4 is 29.3 Å². The van der Waals surface area contributed by atoms with Gasteiger partial charge in [0.15, 0.2) is 6.10 Å². The highest BCUT2D eigenvalue weighted by Crippen LogP contribution is 2.28. The van der Waals surface area contributed by atoms with Crippen LogP contribution in [0.3, 0.4) is 0 Å². The second-order valence-electron chi connectivity index (χ2n) is 7.07. The summed E-state index contributed by atoms with van der Waals surface area (Å²) in [7, 11) is 0. The fraction of sp³-hybridized carbons (Fsp3) is 0.200. The zero-order chi connectivity index (χ0) is 21.5. The first-order valence-corrected chi connectivity index (χ1v) is 10.8. The third kappa shape index (κ3) is 5.74. The molecule has 0 saturated heterocycles. The van der Waals surface area contributed by atoms with E-state index in [-0.39, 0.29) is 11.7 Å². The molecule has 0 aliphatic heterocycles. The van der Waals surface area contributed by atoms with Crippen LogP contribution in [0.2, 0.25) is 0 Å². The molecule has 0 aromatic heterocycles. The van der Waals surface area contributed by atoms with Gasteiger partial charge < -0.3 is 10.1 Å². The third-order valence-corrected chi connectivity index (χ3v) is 5.75. The SMILES string of the molecule is Cc1ccc(SCC(=O)O[C@H](C)C(=O)Nc2ccccc2-c2ccccc2)cc1C. The summed E-state index contributed by atoms with van der Waals surface area (Å²) in [6, 6.07) is 23.4.